The second-order valence-corrected chi connectivity index (χ2v) is 5.67. The summed E-state index contributed by atoms with van der Waals surface area (Å²) in [5.41, 5.74) is 0.513. The van der Waals surface area contributed by atoms with Crippen molar-refractivity contribution < 1.29 is 23.0 Å². The maximum absolute atomic E-state index is 12.7. The van der Waals surface area contributed by atoms with E-state index < -0.39 is 6.61 Å². The third-order valence-electron chi connectivity index (χ3n) is 3.86. The molecule has 0 aliphatic carbocycles. The van der Waals surface area contributed by atoms with E-state index in [1.54, 1.807) is 19.3 Å². The molecule has 146 valence electrons. The highest BCUT2D eigenvalue weighted by Gasteiger charge is 2.20. The average molecular weight is 381 g/mol. The number of guanidine groups is 1. The molecule has 1 aliphatic rings. The van der Waals surface area contributed by atoms with Crippen molar-refractivity contribution in [2.75, 3.05) is 20.4 Å². The van der Waals surface area contributed by atoms with Gasteiger partial charge < -0.3 is 24.8 Å². The van der Waals surface area contributed by atoms with Gasteiger partial charge in [-0.15, -0.1) is 0 Å². The monoisotopic (exact) mass is 381 g/mol. The number of rotatable bonds is 8. The molecule has 1 aromatic carbocycles. The van der Waals surface area contributed by atoms with Gasteiger partial charge in [0.15, 0.2) is 17.5 Å². The number of aryl methyl sites for hydroxylation is 1. The zero-order chi connectivity index (χ0) is 19.1. The van der Waals surface area contributed by atoms with E-state index in [0.29, 0.717) is 29.6 Å². The van der Waals surface area contributed by atoms with Crippen LogP contribution < -0.4 is 24.8 Å². The summed E-state index contributed by atoms with van der Waals surface area (Å²) in [6.45, 7) is -1.17. The summed E-state index contributed by atoms with van der Waals surface area (Å²) in [5, 5.41) is 10.4. The van der Waals surface area contributed by atoms with Crippen LogP contribution in [0.4, 0.5) is 8.78 Å². The number of nitrogens with one attached hydrogen (secondary N) is 2. The van der Waals surface area contributed by atoms with Crippen molar-refractivity contribution in [2.45, 2.75) is 26.1 Å². The normalized spacial score (nSPS) is 13.1. The predicted molar refractivity (Wildman–Crippen MR) is 94.2 cm³/mol. The summed E-state index contributed by atoms with van der Waals surface area (Å²) in [6.07, 6.45) is 4.49. The van der Waals surface area contributed by atoms with Crippen LogP contribution in [0.5, 0.6) is 17.2 Å². The van der Waals surface area contributed by atoms with Crippen molar-refractivity contribution in [1.82, 2.24) is 20.4 Å². The van der Waals surface area contributed by atoms with Crippen molar-refractivity contribution in [1.29, 1.82) is 0 Å². The molecule has 0 unspecified atom stereocenters. The minimum Gasteiger partial charge on any atom is -0.454 e. The predicted octanol–water partition coefficient (Wildman–Crippen LogP) is 1.97. The van der Waals surface area contributed by atoms with E-state index in [4.69, 9.17) is 9.47 Å². The number of benzene rings is 1. The van der Waals surface area contributed by atoms with Crippen LogP contribution in [0.15, 0.2) is 35.6 Å². The summed E-state index contributed by atoms with van der Waals surface area (Å²) in [7, 11) is 1.64. The quantitative estimate of drug-likeness (QED) is 0.413. The Kier molecular flexibility index (Phi) is 6.29. The molecule has 0 spiro atoms. The molecular weight excluding hydrogens is 360 g/mol. The molecule has 0 saturated carbocycles. The van der Waals surface area contributed by atoms with Gasteiger partial charge in [0.1, 0.15) is 5.75 Å². The molecule has 27 heavy (non-hydrogen) atoms. The number of halogens is 2. The van der Waals surface area contributed by atoms with Crippen molar-refractivity contribution in [3.05, 3.63) is 36.2 Å². The lowest BCUT2D eigenvalue weighted by Gasteiger charge is -2.15. The molecule has 0 atom stereocenters. The highest BCUT2D eigenvalue weighted by atomic mass is 19.3. The molecule has 2 heterocycles. The van der Waals surface area contributed by atoms with Crippen LogP contribution >= 0.6 is 0 Å². The average Bonchev–Trinajstić information content (AvgIpc) is 3.31. The molecule has 0 bridgehead atoms. The summed E-state index contributed by atoms with van der Waals surface area (Å²) < 4.78 is 42.3. The van der Waals surface area contributed by atoms with Crippen LogP contribution in [0.2, 0.25) is 0 Å². The van der Waals surface area contributed by atoms with Crippen LogP contribution in [0.1, 0.15) is 12.0 Å². The Balaban J connectivity index is 1.54. The van der Waals surface area contributed by atoms with Crippen LogP contribution in [-0.4, -0.2) is 42.7 Å². The molecule has 2 N–H and O–H groups in total. The molecule has 1 aromatic heterocycles. The fraction of sp³-hybridized carbons (Fsp3) is 0.412. The second kappa shape index (κ2) is 9.06. The Morgan fingerprint density at radius 3 is 2.85 bits per heavy atom. The minimum atomic E-state index is -2.93. The Hall–Kier alpha value is -3.04. The number of ether oxygens (including phenoxy) is 3. The van der Waals surface area contributed by atoms with Gasteiger partial charge in [-0.2, -0.15) is 13.9 Å². The van der Waals surface area contributed by atoms with E-state index >= 15 is 0 Å². The number of alkyl halides is 2. The highest BCUT2D eigenvalue weighted by molar-refractivity contribution is 5.79. The molecule has 0 fully saturated rings. The van der Waals surface area contributed by atoms with E-state index in [2.05, 4.69) is 25.5 Å². The summed E-state index contributed by atoms with van der Waals surface area (Å²) in [4.78, 5) is 4.13. The molecular formula is C17H21F2N5O3. The van der Waals surface area contributed by atoms with Crippen molar-refractivity contribution in [2.24, 2.45) is 4.99 Å². The van der Waals surface area contributed by atoms with Crippen LogP contribution in [0.3, 0.4) is 0 Å². The lowest BCUT2D eigenvalue weighted by Crippen LogP contribution is -2.37. The molecule has 0 radical (unpaired) electrons. The topological polar surface area (TPSA) is 81.9 Å². The SMILES string of the molecule is CN=C(NCCCn1cccn1)NCc1cc2c(cc1OC(F)F)OCO2. The van der Waals surface area contributed by atoms with Gasteiger partial charge >= 0.3 is 6.61 Å². The number of hydrogen-bond acceptors (Lipinski definition) is 5. The largest absolute Gasteiger partial charge is 0.454 e. The first-order chi connectivity index (χ1) is 13.2. The zero-order valence-corrected chi connectivity index (χ0v) is 14.8. The van der Waals surface area contributed by atoms with E-state index in [-0.39, 0.29) is 19.1 Å². The standard InChI is InChI=1S/C17H21F2N5O3/c1-20-17(21-4-2-6-24-7-3-5-23-24)22-10-12-8-14-15(26-11-25-14)9-13(12)27-16(18)19/h3,5,7-9,16H,2,4,6,10-11H2,1H3,(H2,20,21,22). The maximum atomic E-state index is 12.7. The molecule has 1 aliphatic heterocycles. The third-order valence-corrected chi connectivity index (χ3v) is 3.86. The lowest BCUT2D eigenvalue weighted by atomic mass is 10.1. The number of aromatic nitrogens is 2. The molecule has 0 saturated heterocycles. The second-order valence-electron chi connectivity index (χ2n) is 5.67. The summed E-state index contributed by atoms with van der Waals surface area (Å²) >= 11 is 0. The Morgan fingerprint density at radius 1 is 1.33 bits per heavy atom. The van der Waals surface area contributed by atoms with Crippen LogP contribution in [0.25, 0.3) is 0 Å². The molecule has 8 nitrogen and oxygen atoms in total. The van der Waals surface area contributed by atoms with E-state index in [0.717, 1.165) is 13.0 Å². The first-order valence-electron chi connectivity index (χ1n) is 8.45. The van der Waals surface area contributed by atoms with Gasteiger partial charge in [-0.25, -0.2) is 0 Å². The van der Waals surface area contributed by atoms with Gasteiger partial charge in [0.25, 0.3) is 0 Å². The Labute approximate surface area is 155 Å². The molecule has 2 aromatic rings. The third kappa shape index (κ3) is 5.22. The minimum absolute atomic E-state index is 0.0379. The van der Waals surface area contributed by atoms with Gasteiger partial charge in [-0.05, 0) is 18.6 Å². The Morgan fingerprint density at radius 2 is 2.15 bits per heavy atom. The van der Waals surface area contributed by atoms with Gasteiger partial charge in [-0.1, -0.05) is 0 Å². The number of aliphatic imine (C=N–C) groups is 1. The van der Waals surface area contributed by atoms with E-state index in [9.17, 15) is 8.78 Å². The zero-order valence-electron chi connectivity index (χ0n) is 14.8. The highest BCUT2D eigenvalue weighted by Crippen LogP contribution is 2.38. The lowest BCUT2D eigenvalue weighted by molar-refractivity contribution is -0.0505. The van der Waals surface area contributed by atoms with Crippen molar-refractivity contribution >= 4 is 5.96 Å². The summed E-state index contributed by atoms with van der Waals surface area (Å²) in [6, 6.07) is 4.90. The van der Waals surface area contributed by atoms with E-state index in [1.165, 1.54) is 6.07 Å². The summed E-state index contributed by atoms with van der Waals surface area (Å²) in [5.74, 6) is 1.47. The number of nitrogens with zero attached hydrogens (tertiary/aromatic N) is 3. The maximum Gasteiger partial charge on any atom is 0.387 e. The molecule has 3 rings (SSSR count). The first kappa shape index (κ1) is 18.7. The van der Waals surface area contributed by atoms with Crippen LogP contribution in [-0.2, 0) is 13.1 Å². The van der Waals surface area contributed by atoms with Gasteiger partial charge in [0.2, 0.25) is 6.79 Å². The fourth-order valence-corrected chi connectivity index (χ4v) is 2.59. The molecule has 0 amide bonds. The first-order valence-corrected chi connectivity index (χ1v) is 8.45. The van der Waals surface area contributed by atoms with Gasteiger partial charge in [0.05, 0.1) is 0 Å². The number of hydrogen-bond donors (Lipinski definition) is 2. The van der Waals surface area contributed by atoms with Gasteiger partial charge in [-0.3, -0.25) is 9.67 Å². The number of fused-ring (bicyclic) bond motifs is 1. The van der Waals surface area contributed by atoms with Crippen molar-refractivity contribution in [3.8, 4) is 17.2 Å². The Bertz CT molecular complexity index is 768. The van der Waals surface area contributed by atoms with E-state index in [1.807, 2.05) is 16.9 Å². The van der Waals surface area contributed by atoms with Crippen molar-refractivity contribution in [3.63, 3.8) is 0 Å². The van der Waals surface area contributed by atoms with Gasteiger partial charge in [0, 0.05) is 50.7 Å². The van der Waals surface area contributed by atoms with Crippen LogP contribution in [0, 0.1) is 0 Å². The smallest absolute Gasteiger partial charge is 0.387 e. The fourth-order valence-electron chi connectivity index (χ4n) is 2.59. The molecule has 10 heteroatoms.